The van der Waals surface area contributed by atoms with Crippen molar-refractivity contribution in [3.05, 3.63) is 76.7 Å². The molecule has 4 heteroatoms. The number of hydrogen-bond donors (Lipinski definition) is 0. The van der Waals surface area contributed by atoms with Crippen LogP contribution < -0.4 is 5.56 Å². The molecule has 0 N–H and O–H groups in total. The maximum Gasteiger partial charge on any atom is 0.332 e. The van der Waals surface area contributed by atoms with Crippen LogP contribution in [0.3, 0.4) is 0 Å². The first-order valence-electron chi connectivity index (χ1n) is 5.75. The third-order valence-corrected chi connectivity index (χ3v) is 2.61. The van der Waals surface area contributed by atoms with Crippen LogP contribution in [-0.4, -0.2) is 17.6 Å². The summed E-state index contributed by atoms with van der Waals surface area (Å²) in [7, 11) is 1.30. The van der Waals surface area contributed by atoms with E-state index in [1.54, 1.807) is 18.3 Å². The molecule has 0 saturated carbocycles. The van der Waals surface area contributed by atoms with E-state index in [4.69, 9.17) is 0 Å². The number of rotatable bonds is 3. The van der Waals surface area contributed by atoms with E-state index in [-0.39, 0.29) is 5.56 Å². The fraction of sp³-hybridized carbons (Fsp3) is 0.0667. The van der Waals surface area contributed by atoms with Gasteiger partial charge in [-0.15, -0.1) is 0 Å². The van der Waals surface area contributed by atoms with Crippen molar-refractivity contribution in [1.29, 1.82) is 0 Å². The molecule has 0 atom stereocenters. The molecule has 2 rings (SSSR count). The van der Waals surface area contributed by atoms with Gasteiger partial charge in [-0.3, -0.25) is 9.36 Å². The molecule has 0 aliphatic heterocycles. The fourth-order valence-corrected chi connectivity index (χ4v) is 1.70. The van der Waals surface area contributed by atoms with Crippen LogP contribution in [0.1, 0.15) is 5.56 Å². The lowest BCUT2D eigenvalue weighted by Crippen LogP contribution is -2.18. The average Bonchev–Trinajstić information content (AvgIpc) is 2.46. The van der Waals surface area contributed by atoms with Crippen LogP contribution in [0.25, 0.3) is 5.70 Å². The molecule has 4 nitrogen and oxygen atoms in total. The maximum atomic E-state index is 11.9. The summed E-state index contributed by atoms with van der Waals surface area (Å²) in [6.07, 6.45) is 2.92. The van der Waals surface area contributed by atoms with Gasteiger partial charge in [0, 0.05) is 18.3 Å². The molecule has 1 heterocycles. The zero-order valence-electron chi connectivity index (χ0n) is 10.4. The van der Waals surface area contributed by atoms with E-state index in [2.05, 4.69) is 4.74 Å². The first-order valence-corrected chi connectivity index (χ1v) is 5.75. The monoisotopic (exact) mass is 255 g/mol. The first-order chi connectivity index (χ1) is 9.22. The summed E-state index contributed by atoms with van der Waals surface area (Å²) in [5.41, 5.74) is 1.04. The number of carbonyl (C=O) groups excluding carboxylic acids is 1. The lowest BCUT2D eigenvalue weighted by atomic mass is 10.1. The SMILES string of the molecule is COC(=O)/C=C(/c1ccccc1)n1ccccc1=O. The van der Waals surface area contributed by atoms with E-state index in [1.165, 1.54) is 23.8 Å². The van der Waals surface area contributed by atoms with E-state index >= 15 is 0 Å². The molecule has 2 aromatic rings. The minimum atomic E-state index is -0.505. The van der Waals surface area contributed by atoms with Gasteiger partial charge in [-0.1, -0.05) is 36.4 Å². The summed E-state index contributed by atoms with van der Waals surface area (Å²) in [5, 5.41) is 0. The van der Waals surface area contributed by atoms with Crippen LogP contribution in [0.15, 0.2) is 65.6 Å². The molecule has 0 bridgehead atoms. The number of hydrogen-bond acceptors (Lipinski definition) is 3. The molecular weight excluding hydrogens is 242 g/mol. The molecule has 0 amide bonds. The smallest absolute Gasteiger partial charge is 0.332 e. The molecular formula is C15H13NO3. The lowest BCUT2D eigenvalue weighted by Gasteiger charge is -2.10. The molecule has 0 saturated heterocycles. The Morgan fingerprint density at radius 2 is 1.79 bits per heavy atom. The van der Waals surface area contributed by atoms with Crippen LogP contribution in [-0.2, 0) is 9.53 Å². The standard InChI is InChI=1S/C15H13NO3/c1-19-15(18)11-13(12-7-3-2-4-8-12)16-10-6-5-9-14(16)17/h2-11H,1H3/b13-11-. The lowest BCUT2D eigenvalue weighted by molar-refractivity contribution is -0.134. The molecule has 1 aromatic heterocycles. The molecule has 96 valence electrons. The molecule has 0 unspecified atom stereocenters. The Hall–Kier alpha value is -2.62. The second kappa shape index (κ2) is 5.82. The van der Waals surface area contributed by atoms with Crippen LogP contribution in [0.4, 0.5) is 0 Å². The van der Waals surface area contributed by atoms with Gasteiger partial charge < -0.3 is 4.74 Å². The van der Waals surface area contributed by atoms with Gasteiger partial charge in [-0.25, -0.2) is 4.79 Å². The fourth-order valence-electron chi connectivity index (χ4n) is 1.70. The Kier molecular flexibility index (Phi) is 3.93. The molecule has 0 spiro atoms. The number of esters is 1. The predicted octanol–water partition coefficient (Wildman–Crippen LogP) is 1.91. The van der Waals surface area contributed by atoms with Crippen molar-refractivity contribution >= 4 is 11.7 Å². The number of pyridine rings is 1. The molecule has 0 radical (unpaired) electrons. The van der Waals surface area contributed by atoms with Gasteiger partial charge in [0.25, 0.3) is 5.56 Å². The molecule has 19 heavy (non-hydrogen) atoms. The van der Waals surface area contributed by atoms with Gasteiger partial charge in [0.2, 0.25) is 0 Å². The Labute approximate surface area is 110 Å². The number of nitrogens with zero attached hydrogens (tertiary/aromatic N) is 1. The highest BCUT2D eigenvalue weighted by Crippen LogP contribution is 2.14. The Balaban J connectivity index is 2.60. The summed E-state index contributed by atoms with van der Waals surface area (Å²) in [5.74, 6) is -0.505. The van der Waals surface area contributed by atoms with E-state index < -0.39 is 5.97 Å². The second-order valence-electron chi connectivity index (χ2n) is 3.83. The average molecular weight is 255 g/mol. The number of carbonyl (C=O) groups is 1. The van der Waals surface area contributed by atoms with Crippen molar-refractivity contribution in [2.75, 3.05) is 7.11 Å². The topological polar surface area (TPSA) is 48.3 Å². The number of methoxy groups -OCH3 is 1. The summed E-state index contributed by atoms with van der Waals surface area (Å²) < 4.78 is 6.04. The van der Waals surface area contributed by atoms with Crippen molar-refractivity contribution in [3.63, 3.8) is 0 Å². The molecule has 0 aliphatic rings. The zero-order valence-corrected chi connectivity index (χ0v) is 10.4. The van der Waals surface area contributed by atoms with Crippen LogP contribution in [0, 0.1) is 0 Å². The molecule has 0 fully saturated rings. The highest BCUT2D eigenvalue weighted by atomic mass is 16.5. The van der Waals surface area contributed by atoms with Crippen molar-refractivity contribution < 1.29 is 9.53 Å². The highest BCUT2D eigenvalue weighted by molar-refractivity contribution is 5.91. The first kappa shape index (κ1) is 12.8. The number of benzene rings is 1. The van der Waals surface area contributed by atoms with Gasteiger partial charge in [0.05, 0.1) is 12.8 Å². The van der Waals surface area contributed by atoms with Gasteiger partial charge in [0.15, 0.2) is 0 Å². The molecule has 0 aliphatic carbocycles. The van der Waals surface area contributed by atoms with Crippen molar-refractivity contribution in [3.8, 4) is 0 Å². The highest BCUT2D eigenvalue weighted by Gasteiger charge is 2.08. The zero-order chi connectivity index (χ0) is 13.7. The van der Waals surface area contributed by atoms with E-state index in [1.807, 2.05) is 30.3 Å². The predicted molar refractivity (Wildman–Crippen MR) is 72.5 cm³/mol. The Morgan fingerprint density at radius 1 is 1.11 bits per heavy atom. The molecule has 1 aromatic carbocycles. The summed E-state index contributed by atoms with van der Waals surface area (Å²) in [6, 6.07) is 14.0. The quantitative estimate of drug-likeness (QED) is 0.621. The summed E-state index contributed by atoms with van der Waals surface area (Å²) in [4.78, 5) is 23.3. The largest absolute Gasteiger partial charge is 0.466 e. The minimum Gasteiger partial charge on any atom is -0.466 e. The van der Waals surface area contributed by atoms with Crippen molar-refractivity contribution in [2.24, 2.45) is 0 Å². The third-order valence-electron chi connectivity index (χ3n) is 2.61. The van der Waals surface area contributed by atoms with E-state index in [0.29, 0.717) is 5.70 Å². The summed E-state index contributed by atoms with van der Waals surface area (Å²) >= 11 is 0. The third kappa shape index (κ3) is 2.98. The minimum absolute atomic E-state index is 0.207. The summed E-state index contributed by atoms with van der Waals surface area (Å²) in [6.45, 7) is 0. The Bertz CT molecular complexity index is 656. The van der Waals surface area contributed by atoms with Gasteiger partial charge in [0.1, 0.15) is 0 Å². The number of aromatic nitrogens is 1. The van der Waals surface area contributed by atoms with E-state index in [0.717, 1.165) is 5.56 Å². The van der Waals surface area contributed by atoms with Crippen molar-refractivity contribution in [2.45, 2.75) is 0 Å². The second-order valence-corrected chi connectivity index (χ2v) is 3.83. The van der Waals surface area contributed by atoms with E-state index in [9.17, 15) is 9.59 Å². The number of ether oxygens (including phenoxy) is 1. The van der Waals surface area contributed by atoms with Crippen LogP contribution >= 0.6 is 0 Å². The van der Waals surface area contributed by atoms with Gasteiger partial charge in [-0.2, -0.15) is 0 Å². The van der Waals surface area contributed by atoms with Gasteiger partial charge >= 0.3 is 5.97 Å². The van der Waals surface area contributed by atoms with Crippen LogP contribution in [0.2, 0.25) is 0 Å². The maximum absolute atomic E-state index is 11.9. The normalized spacial score (nSPS) is 11.1. The van der Waals surface area contributed by atoms with Crippen molar-refractivity contribution in [1.82, 2.24) is 4.57 Å². The van der Waals surface area contributed by atoms with Gasteiger partial charge in [-0.05, 0) is 11.6 Å². The van der Waals surface area contributed by atoms with Crippen LogP contribution in [0.5, 0.6) is 0 Å². The Morgan fingerprint density at radius 3 is 2.42 bits per heavy atom.